The molecule has 0 fully saturated rings. The van der Waals surface area contributed by atoms with Gasteiger partial charge in [-0.25, -0.2) is 0 Å². The molecular weight excluding hydrogens is 256 g/mol. The SMILES string of the molecule is CC=Cc1ccc(OCC(OCC)OCC)c(OC)c1. The number of allylic oxidation sites excluding steroid dienone is 1. The molecule has 0 unspecified atom stereocenters. The maximum atomic E-state index is 5.73. The first-order valence-electron chi connectivity index (χ1n) is 6.91. The highest BCUT2D eigenvalue weighted by Crippen LogP contribution is 2.28. The van der Waals surface area contributed by atoms with Crippen molar-refractivity contribution < 1.29 is 18.9 Å². The molecule has 0 N–H and O–H groups in total. The second kappa shape index (κ2) is 9.39. The van der Waals surface area contributed by atoms with E-state index in [1.54, 1.807) is 7.11 Å². The summed E-state index contributed by atoms with van der Waals surface area (Å²) in [5.41, 5.74) is 1.07. The lowest BCUT2D eigenvalue weighted by molar-refractivity contribution is -0.152. The van der Waals surface area contributed by atoms with E-state index in [1.165, 1.54) is 0 Å². The van der Waals surface area contributed by atoms with Crippen LogP contribution < -0.4 is 9.47 Å². The predicted molar refractivity (Wildman–Crippen MR) is 80.2 cm³/mol. The lowest BCUT2D eigenvalue weighted by atomic mass is 10.2. The number of hydrogen-bond acceptors (Lipinski definition) is 4. The fraction of sp³-hybridized carbons (Fsp3) is 0.500. The van der Waals surface area contributed by atoms with Gasteiger partial charge in [-0.05, 0) is 38.5 Å². The first kappa shape index (κ1) is 16.5. The maximum Gasteiger partial charge on any atom is 0.191 e. The zero-order chi connectivity index (χ0) is 14.8. The van der Waals surface area contributed by atoms with Crippen molar-refractivity contribution in [1.29, 1.82) is 0 Å². The monoisotopic (exact) mass is 280 g/mol. The van der Waals surface area contributed by atoms with Crippen molar-refractivity contribution >= 4 is 6.08 Å². The fourth-order valence-electron chi connectivity index (χ4n) is 1.77. The van der Waals surface area contributed by atoms with Gasteiger partial charge in [0.15, 0.2) is 17.8 Å². The van der Waals surface area contributed by atoms with Crippen LogP contribution in [-0.4, -0.2) is 33.2 Å². The van der Waals surface area contributed by atoms with Gasteiger partial charge in [0.25, 0.3) is 0 Å². The summed E-state index contributed by atoms with van der Waals surface area (Å²) in [6, 6.07) is 5.81. The van der Waals surface area contributed by atoms with Gasteiger partial charge in [0.1, 0.15) is 6.61 Å². The van der Waals surface area contributed by atoms with Gasteiger partial charge >= 0.3 is 0 Å². The number of benzene rings is 1. The van der Waals surface area contributed by atoms with Crippen LogP contribution in [0.4, 0.5) is 0 Å². The van der Waals surface area contributed by atoms with Crippen molar-refractivity contribution in [2.24, 2.45) is 0 Å². The van der Waals surface area contributed by atoms with Gasteiger partial charge in [0.05, 0.1) is 7.11 Å². The van der Waals surface area contributed by atoms with Crippen LogP contribution in [0.1, 0.15) is 26.3 Å². The quantitative estimate of drug-likeness (QED) is 0.649. The Morgan fingerprint density at radius 2 is 1.80 bits per heavy atom. The van der Waals surface area contributed by atoms with E-state index in [-0.39, 0.29) is 6.29 Å². The minimum Gasteiger partial charge on any atom is -0.493 e. The van der Waals surface area contributed by atoms with E-state index < -0.39 is 0 Å². The minimum absolute atomic E-state index is 0.334. The molecule has 0 saturated heterocycles. The van der Waals surface area contributed by atoms with Gasteiger partial charge in [-0.2, -0.15) is 0 Å². The average molecular weight is 280 g/mol. The predicted octanol–water partition coefficient (Wildman–Crippen LogP) is 3.51. The normalized spacial score (nSPS) is 11.2. The highest BCUT2D eigenvalue weighted by atomic mass is 16.7. The van der Waals surface area contributed by atoms with Crippen LogP contribution in [0.5, 0.6) is 11.5 Å². The smallest absolute Gasteiger partial charge is 0.191 e. The van der Waals surface area contributed by atoms with E-state index in [1.807, 2.05) is 51.1 Å². The number of ether oxygens (including phenoxy) is 4. The van der Waals surface area contributed by atoms with Crippen LogP contribution in [0.3, 0.4) is 0 Å². The highest BCUT2D eigenvalue weighted by molar-refractivity contribution is 5.55. The molecule has 0 atom stereocenters. The summed E-state index contributed by atoms with van der Waals surface area (Å²) in [5.74, 6) is 1.39. The molecule has 4 nitrogen and oxygen atoms in total. The zero-order valence-corrected chi connectivity index (χ0v) is 12.7. The first-order chi connectivity index (χ1) is 9.74. The summed E-state index contributed by atoms with van der Waals surface area (Å²) in [7, 11) is 1.63. The van der Waals surface area contributed by atoms with Crippen LogP contribution >= 0.6 is 0 Å². The molecule has 0 heterocycles. The molecule has 0 amide bonds. The van der Waals surface area contributed by atoms with Gasteiger partial charge < -0.3 is 18.9 Å². The van der Waals surface area contributed by atoms with Crippen LogP contribution in [0, 0.1) is 0 Å². The first-order valence-corrected chi connectivity index (χ1v) is 6.91. The molecule has 1 aromatic carbocycles. The Hall–Kier alpha value is -1.52. The van der Waals surface area contributed by atoms with Crippen LogP contribution in [-0.2, 0) is 9.47 Å². The standard InChI is InChI=1S/C16H24O4/c1-5-8-13-9-10-14(15(11-13)17-4)20-12-16(18-6-2)19-7-3/h5,8-11,16H,6-7,12H2,1-4H3. The average Bonchev–Trinajstić information content (AvgIpc) is 2.46. The van der Waals surface area contributed by atoms with E-state index in [2.05, 4.69) is 0 Å². The van der Waals surface area contributed by atoms with Crippen molar-refractivity contribution in [2.75, 3.05) is 26.9 Å². The van der Waals surface area contributed by atoms with E-state index in [0.29, 0.717) is 31.3 Å². The Labute approximate surface area is 121 Å². The second-order valence-electron chi connectivity index (χ2n) is 4.06. The third kappa shape index (κ3) is 5.23. The lowest BCUT2D eigenvalue weighted by Gasteiger charge is -2.18. The molecule has 0 aliphatic heterocycles. The summed E-state index contributed by atoms with van der Waals surface area (Å²) < 4.78 is 22.0. The Morgan fingerprint density at radius 3 is 2.35 bits per heavy atom. The Balaban J connectivity index is 2.70. The molecule has 0 spiro atoms. The molecule has 0 radical (unpaired) electrons. The highest BCUT2D eigenvalue weighted by Gasteiger charge is 2.11. The van der Waals surface area contributed by atoms with Gasteiger partial charge in [-0.1, -0.05) is 18.2 Å². The molecular formula is C16H24O4. The molecule has 1 aromatic rings. The minimum atomic E-state index is -0.357. The van der Waals surface area contributed by atoms with Crippen molar-refractivity contribution in [2.45, 2.75) is 27.1 Å². The topological polar surface area (TPSA) is 36.9 Å². The summed E-state index contributed by atoms with van der Waals surface area (Å²) in [4.78, 5) is 0. The lowest BCUT2D eigenvalue weighted by Crippen LogP contribution is -2.25. The van der Waals surface area contributed by atoms with Crippen molar-refractivity contribution in [3.63, 3.8) is 0 Å². The zero-order valence-electron chi connectivity index (χ0n) is 12.7. The van der Waals surface area contributed by atoms with E-state index in [0.717, 1.165) is 5.56 Å². The Bertz CT molecular complexity index is 409. The third-order valence-corrected chi connectivity index (χ3v) is 2.63. The summed E-state index contributed by atoms with van der Waals surface area (Å²) in [6.07, 6.45) is 3.63. The summed E-state index contributed by atoms with van der Waals surface area (Å²) in [6.45, 7) is 7.35. The van der Waals surface area contributed by atoms with E-state index in [4.69, 9.17) is 18.9 Å². The molecule has 4 heteroatoms. The fourth-order valence-corrected chi connectivity index (χ4v) is 1.77. The summed E-state index contributed by atoms with van der Waals surface area (Å²) >= 11 is 0. The molecule has 20 heavy (non-hydrogen) atoms. The molecule has 0 aliphatic rings. The van der Waals surface area contributed by atoms with E-state index >= 15 is 0 Å². The van der Waals surface area contributed by atoms with Crippen LogP contribution in [0.15, 0.2) is 24.3 Å². The van der Waals surface area contributed by atoms with Crippen molar-refractivity contribution in [1.82, 2.24) is 0 Å². The Kier molecular flexibility index (Phi) is 7.77. The number of hydrogen-bond donors (Lipinski definition) is 0. The van der Waals surface area contributed by atoms with Crippen molar-refractivity contribution in [3.8, 4) is 11.5 Å². The van der Waals surface area contributed by atoms with Crippen molar-refractivity contribution in [3.05, 3.63) is 29.8 Å². The molecule has 0 bridgehead atoms. The van der Waals surface area contributed by atoms with Crippen LogP contribution in [0.25, 0.3) is 6.08 Å². The molecule has 0 aliphatic carbocycles. The maximum absolute atomic E-state index is 5.73. The molecule has 112 valence electrons. The van der Waals surface area contributed by atoms with Gasteiger partial charge in [0.2, 0.25) is 0 Å². The second-order valence-corrected chi connectivity index (χ2v) is 4.06. The summed E-state index contributed by atoms with van der Waals surface area (Å²) in [5, 5.41) is 0. The van der Waals surface area contributed by atoms with Crippen LogP contribution in [0.2, 0.25) is 0 Å². The molecule has 0 saturated carbocycles. The van der Waals surface area contributed by atoms with E-state index in [9.17, 15) is 0 Å². The van der Waals surface area contributed by atoms with Gasteiger partial charge in [0, 0.05) is 13.2 Å². The Morgan fingerprint density at radius 1 is 1.10 bits per heavy atom. The molecule has 1 rings (SSSR count). The van der Waals surface area contributed by atoms with Gasteiger partial charge in [-0.15, -0.1) is 0 Å². The molecule has 0 aromatic heterocycles. The number of methoxy groups -OCH3 is 1. The largest absolute Gasteiger partial charge is 0.493 e. The van der Waals surface area contributed by atoms with Gasteiger partial charge in [-0.3, -0.25) is 0 Å². The third-order valence-electron chi connectivity index (χ3n) is 2.63. The number of rotatable bonds is 9.